The molecule has 3 atom stereocenters. The highest BCUT2D eigenvalue weighted by Crippen LogP contribution is 2.35. The number of hydrogen-bond donors (Lipinski definition) is 2. The van der Waals surface area contributed by atoms with Crippen molar-refractivity contribution >= 4 is 17.7 Å². The first-order valence-corrected chi connectivity index (χ1v) is 12.0. The summed E-state index contributed by atoms with van der Waals surface area (Å²) in [5.41, 5.74) is 6.28. The van der Waals surface area contributed by atoms with E-state index in [0.717, 1.165) is 23.6 Å². The molecular formula is C24H30F2N4O2S. The molecule has 4 rings (SSSR count). The molecule has 178 valence electrons. The number of hydrogen-bond acceptors (Lipinski definition) is 6. The lowest BCUT2D eigenvalue weighted by Gasteiger charge is -2.29. The van der Waals surface area contributed by atoms with Gasteiger partial charge in [-0.1, -0.05) is 6.07 Å². The number of likely N-dealkylation sites (N-methyl/N-ethyl adjacent to an activating group) is 1. The molecular weight excluding hydrogens is 446 g/mol. The molecule has 2 heterocycles. The highest BCUT2D eigenvalue weighted by molar-refractivity contribution is 8.00. The molecule has 2 N–H and O–H groups in total. The fourth-order valence-corrected chi connectivity index (χ4v) is 5.68. The first kappa shape index (κ1) is 23.9. The van der Waals surface area contributed by atoms with E-state index in [4.69, 9.17) is 4.74 Å². The van der Waals surface area contributed by atoms with Gasteiger partial charge in [0, 0.05) is 55.0 Å². The van der Waals surface area contributed by atoms with Crippen molar-refractivity contribution in [2.75, 3.05) is 33.8 Å². The molecule has 33 heavy (non-hydrogen) atoms. The molecule has 1 amide bonds. The van der Waals surface area contributed by atoms with Crippen LogP contribution >= 0.6 is 11.8 Å². The normalized spacial score (nSPS) is 23.1. The van der Waals surface area contributed by atoms with Gasteiger partial charge in [0.05, 0.1) is 13.2 Å². The number of rotatable bonds is 8. The predicted octanol–water partition coefficient (Wildman–Crippen LogP) is 3.03. The lowest BCUT2D eigenvalue weighted by molar-refractivity contribution is -0.135. The topological polar surface area (TPSA) is 56.8 Å². The third-order valence-electron chi connectivity index (χ3n) is 6.23. The molecule has 1 unspecified atom stereocenters. The Hall–Kier alpha value is -2.20. The van der Waals surface area contributed by atoms with Crippen LogP contribution in [0.5, 0.6) is 5.75 Å². The molecule has 2 saturated heterocycles. The summed E-state index contributed by atoms with van der Waals surface area (Å²) in [5.74, 6) is -0.394. The van der Waals surface area contributed by atoms with E-state index < -0.39 is 17.7 Å². The number of methoxy groups -OCH3 is 1. The van der Waals surface area contributed by atoms with Crippen molar-refractivity contribution in [3.05, 3.63) is 59.7 Å². The maximum absolute atomic E-state index is 14.4. The number of hydrazine groups is 1. The zero-order valence-corrected chi connectivity index (χ0v) is 19.7. The maximum Gasteiger partial charge on any atom is 0.239 e. The lowest BCUT2D eigenvalue weighted by atomic mass is 10.1. The standard InChI is InChI=1S/C24H30F2N4O2S/c1-29(13-16-10-11-27-28-16)24(31)23-12-19(33-18-8-6-17(32-2)7-9-18)14-30(23)15-20-21(25)4-3-5-22(20)26/h3-9,16,19,23,27-28H,10-15H2,1-2H3/t16?,19-,23+/m1/s1. The largest absolute Gasteiger partial charge is 0.497 e. The fourth-order valence-electron chi connectivity index (χ4n) is 4.46. The Kier molecular flexibility index (Phi) is 7.85. The van der Waals surface area contributed by atoms with Gasteiger partial charge < -0.3 is 9.64 Å². The minimum atomic E-state index is -0.581. The van der Waals surface area contributed by atoms with Gasteiger partial charge >= 0.3 is 0 Å². The van der Waals surface area contributed by atoms with Crippen LogP contribution in [-0.2, 0) is 11.3 Å². The Morgan fingerprint density at radius 3 is 2.58 bits per heavy atom. The number of carbonyl (C=O) groups is 1. The van der Waals surface area contributed by atoms with Crippen LogP contribution in [0.3, 0.4) is 0 Å². The molecule has 2 aliphatic rings. The van der Waals surface area contributed by atoms with E-state index >= 15 is 0 Å². The van der Waals surface area contributed by atoms with Crippen molar-refractivity contribution < 1.29 is 18.3 Å². The second-order valence-corrected chi connectivity index (χ2v) is 9.95. The minimum Gasteiger partial charge on any atom is -0.497 e. The van der Waals surface area contributed by atoms with E-state index in [0.29, 0.717) is 19.5 Å². The van der Waals surface area contributed by atoms with Crippen LogP contribution in [0.25, 0.3) is 0 Å². The van der Waals surface area contributed by atoms with E-state index in [1.54, 1.807) is 30.8 Å². The van der Waals surface area contributed by atoms with E-state index in [9.17, 15) is 13.6 Å². The molecule has 2 aromatic carbocycles. The molecule has 2 fully saturated rings. The van der Waals surface area contributed by atoms with Crippen molar-refractivity contribution in [1.82, 2.24) is 20.7 Å². The van der Waals surface area contributed by atoms with Gasteiger partial charge in [0.15, 0.2) is 0 Å². The van der Waals surface area contributed by atoms with Crippen LogP contribution < -0.4 is 15.6 Å². The highest BCUT2D eigenvalue weighted by Gasteiger charge is 2.39. The summed E-state index contributed by atoms with van der Waals surface area (Å²) in [4.78, 5) is 18.1. The Labute approximate surface area is 197 Å². The van der Waals surface area contributed by atoms with Gasteiger partial charge in [-0.15, -0.1) is 11.8 Å². The average molecular weight is 477 g/mol. The van der Waals surface area contributed by atoms with Crippen molar-refractivity contribution in [2.45, 2.75) is 41.6 Å². The third kappa shape index (κ3) is 5.84. The summed E-state index contributed by atoms with van der Waals surface area (Å²) in [5, 5.41) is 0.127. The van der Waals surface area contributed by atoms with Crippen LogP contribution in [-0.4, -0.2) is 66.8 Å². The summed E-state index contributed by atoms with van der Waals surface area (Å²) in [6, 6.07) is 11.4. The number of amides is 1. The number of nitrogens with one attached hydrogen (secondary N) is 2. The summed E-state index contributed by atoms with van der Waals surface area (Å²) < 4.78 is 34.0. The van der Waals surface area contributed by atoms with Crippen molar-refractivity contribution in [2.24, 2.45) is 0 Å². The predicted molar refractivity (Wildman–Crippen MR) is 125 cm³/mol. The molecule has 0 aromatic heterocycles. The number of thioether (sulfide) groups is 1. The van der Waals surface area contributed by atoms with Gasteiger partial charge in [-0.25, -0.2) is 8.78 Å². The molecule has 0 aliphatic carbocycles. The molecule has 6 nitrogen and oxygen atoms in total. The van der Waals surface area contributed by atoms with Gasteiger partial charge in [-0.3, -0.25) is 20.5 Å². The van der Waals surface area contributed by atoms with Crippen molar-refractivity contribution in [3.8, 4) is 5.75 Å². The first-order chi connectivity index (χ1) is 15.9. The van der Waals surface area contributed by atoms with Crippen molar-refractivity contribution in [3.63, 3.8) is 0 Å². The number of likely N-dealkylation sites (tertiary alicyclic amines) is 1. The zero-order valence-electron chi connectivity index (χ0n) is 18.9. The van der Waals surface area contributed by atoms with Gasteiger partial charge in [0.1, 0.15) is 17.4 Å². The summed E-state index contributed by atoms with van der Waals surface area (Å²) >= 11 is 1.68. The van der Waals surface area contributed by atoms with Crippen LogP contribution in [0.15, 0.2) is 47.4 Å². The summed E-state index contributed by atoms with van der Waals surface area (Å²) in [7, 11) is 3.43. The smallest absolute Gasteiger partial charge is 0.239 e. The summed E-state index contributed by atoms with van der Waals surface area (Å²) in [6.07, 6.45) is 1.56. The van der Waals surface area contributed by atoms with E-state index in [2.05, 4.69) is 10.9 Å². The molecule has 0 saturated carbocycles. The SMILES string of the molecule is COc1ccc(S[C@@H]2C[C@@H](C(=O)N(C)CC3CCNN3)N(Cc3c(F)cccc3F)C2)cc1. The second-order valence-electron chi connectivity index (χ2n) is 8.57. The Bertz CT molecular complexity index is 936. The van der Waals surface area contributed by atoms with Crippen LogP contribution in [0.4, 0.5) is 8.78 Å². The molecule has 2 aromatic rings. The van der Waals surface area contributed by atoms with Gasteiger partial charge in [0.2, 0.25) is 5.91 Å². The number of carbonyl (C=O) groups excluding carboxylic acids is 1. The average Bonchev–Trinajstić information content (AvgIpc) is 3.46. The number of nitrogens with zero attached hydrogens (tertiary/aromatic N) is 2. The monoisotopic (exact) mass is 476 g/mol. The molecule has 9 heteroatoms. The zero-order chi connectivity index (χ0) is 23.4. The lowest BCUT2D eigenvalue weighted by Crippen LogP contribution is -2.48. The van der Waals surface area contributed by atoms with Crippen LogP contribution in [0, 0.1) is 11.6 Å². The van der Waals surface area contributed by atoms with Gasteiger partial charge in [-0.2, -0.15) is 0 Å². The number of benzene rings is 2. The van der Waals surface area contributed by atoms with Crippen LogP contribution in [0.2, 0.25) is 0 Å². The second kappa shape index (κ2) is 10.8. The molecule has 0 spiro atoms. The minimum absolute atomic E-state index is 0.00899. The maximum atomic E-state index is 14.4. The van der Waals surface area contributed by atoms with E-state index in [1.807, 2.05) is 29.2 Å². The summed E-state index contributed by atoms with van der Waals surface area (Å²) in [6.45, 7) is 2.08. The Balaban J connectivity index is 1.50. The molecule has 2 aliphatic heterocycles. The fraction of sp³-hybridized carbons (Fsp3) is 0.458. The molecule has 0 radical (unpaired) electrons. The number of halogens is 2. The van der Waals surface area contributed by atoms with E-state index in [-0.39, 0.29) is 29.3 Å². The van der Waals surface area contributed by atoms with Crippen molar-refractivity contribution in [1.29, 1.82) is 0 Å². The Morgan fingerprint density at radius 2 is 1.94 bits per heavy atom. The molecule has 0 bridgehead atoms. The Morgan fingerprint density at radius 1 is 1.21 bits per heavy atom. The van der Waals surface area contributed by atoms with Gasteiger partial charge in [-0.05, 0) is 49.2 Å². The van der Waals surface area contributed by atoms with Gasteiger partial charge in [0.25, 0.3) is 0 Å². The quantitative estimate of drug-likeness (QED) is 0.611. The first-order valence-electron chi connectivity index (χ1n) is 11.2. The van der Waals surface area contributed by atoms with E-state index in [1.165, 1.54) is 18.2 Å². The highest BCUT2D eigenvalue weighted by atomic mass is 32.2. The van der Waals surface area contributed by atoms with Crippen LogP contribution in [0.1, 0.15) is 18.4 Å². The third-order valence-corrected chi connectivity index (χ3v) is 7.45. The number of ether oxygens (including phenoxy) is 1.